The number of benzene rings is 3. The molecule has 3 aromatic rings. The minimum absolute atomic E-state index is 0.0673. The monoisotopic (exact) mass is 391 g/mol. The first-order valence-electron chi connectivity index (χ1n) is 9.11. The van der Waals surface area contributed by atoms with Crippen molar-refractivity contribution in [3.63, 3.8) is 0 Å². The Labute approximate surface area is 169 Å². The van der Waals surface area contributed by atoms with Crippen molar-refractivity contribution in [2.45, 2.75) is 16.7 Å². The van der Waals surface area contributed by atoms with Gasteiger partial charge in [0.1, 0.15) is 5.25 Å². The summed E-state index contributed by atoms with van der Waals surface area (Å²) in [7, 11) is 1.84. The highest BCUT2D eigenvalue weighted by atomic mass is 32.2. The summed E-state index contributed by atoms with van der Waals surface area (Å²) in [5.41, 5.74) is 2.01. The van der Waals surface area contributed by atoms with E-state index in [1.807, 2.05) is 85.9 Å². The number of amides is 1. The first kappa shape index (κ1) is 18.4. The second kappa shape index (κ2) is 8.40. The van der Waals surface area contributed by atoms with Crippen LogP contribution in [0.3, 0.4) is 0 Å². The molecule has 0 spiro atoms. The number of thioether (sulfide) groups is 1. The van der Waals surface area contributed by atoms with E-state index in [0.717, 1.165) is 27.5 Å². The van der Waals surface area contributed by atoms with Gasteiger partial charge in [-0.05, 0) is 35.4 Å². The number of fused-ring (bicyclic) bond motifs is 1. The van der Waals surface area contributed by atoms with Crippen molar-refractivity contribution in [3.8, 4) is 11.5 Å². The van der Waals surface area contributed by atoms with Crippen molar-refractivity contribution in [3.05, 3.63) is 90.0 Å². The number of rotatable bonds is 6. The molecule has 1 heterocycles. The van der Waals surface area contributed by atoms with E-state index in [0.29, 0.717) is 6.54 Å². The van der Waals surface area contributed by atoms with Gasteiger partial charge >= 0.3 is 0 Å². The predicted molar refractivity (Wildman–Crippen MR) is 111 cm³/mol. The Morgan fingerprint density at radius 1 is 0.964 bits per heavy atom. The standard InChI is InChI=1S/C23H21NO3S/c1-24(15-17-12-13-20-21(14-17)27-16-26-20)23(25)22(18-8-4-2-5-9-18)28-19-10-6-3-7-11-19/h2-14,22H,15-16H2,1H3. The van der Waals surface area contributed by atoms with Gasteiger partial charge in [0.15, 0.2) is 11.5 Å². The van der Waals surface area contributed by atoms with Crippen molar-refractivity contribution in [1.82, 2.24) is 4.90 Å². The maximum Gasteiger partial charge on any atom is 0.240 e. The molecule has 4 nitrogen and oxygen atoms in total. The Balaban J connectivity index is 1.54. The Hall–Kier alpha value is -2.92. The molecule has 0 radical (unpaired) electrons. The average Bonchev–Trinajstić information content (AvgIpc) is 3.21. The first-order valence-corrected chi connectivity index (χ1v) is 9.99. The Kier molecular flexibility index (Phi) is 5.53. The van der Waals surface area contributed by atoms with Crippen LogP contribution in [0.15, 0.2) is 83.8 Å². The molecule has 4 rings (SSSR count). The molecule has 0 aromatic heterocycles. The molecule has 1 aliphatic heterocycles. The topological polar surface area (TPSA) is 38.8 Å². The summed E-state index contributed by atoms with van der Waals surface area (Å²) in [4.78, 5) is 16.2. The van der Waals surface area contributed by atoms with E-state index >= 15 is 0 Å². The van der Waals surface area contributed by atoms with Gasteiger partial charge in [-0.15, -0.1) is 11.8 Å². The summed E-state index contributed by atoms with van der Waals surface area (Å²) in [5, 5.41) is -0.303. The number of hydrogen-bond acceptors (Lipinski definition) is 4. The molecule has 0 N–H and O–H groups in total. The van der Waals surface area contributed by atoms with Crippen LogP contribution in [-0.2, 0) is 11.3 Å². The third-order valence-electron chi connectivity index (χ3n) is 4.56. The fourth-order valence-corrected chi connectivity index (χ4v) is 4.28. The lowest BCUT2D eigenvalue weighted by atomic mass is 10.1. The molecule has 0 bridgehead atoms. The summed E-state index contributed by atoms with van der Waals surface area (Å²) >= 11 is 1.57. The smallest absolute Gasteiger partial charge is 0.240 e. The van der Waals surface area contributed by atoms with Crippen molar-refractivity contribution in [2.75, 3.05) is 13.8 Å². The second-order valence-corrected chi connectivity index (χ2v) is 7.78. The van der Waals surface area contributed by atoms with E-state index < -0.39 is 0 Å². The average molecular weight is 391 g/mol. The van der Waals surface area contributed by atoms with E-state index in [1.54, 1.807) is 16.7 Å². The zero-order chi connectivity index (χ0) is 19.3. The first-order chi connectivity index (χ1) is 13.7. The Bertz CT molecular complexity index is 947. The number of nitrogens with zero attached hydrogens (tertiary/aromatic N) is 1. The second-order valence-electron chi connectivity index (χ2n) is 6.60. The highest BCUT2D eigenvalue weighted by molar-refractivity contribution is 8.00. The van der Waals surface area contributed by atoms with Crippen LogP contribution in [0.5, 0.6) is 11.5 Å². The van der Waals surface area contributed by atoms with Crippen LogP contribution in [0, 0.1) is 0 Å². The summed E-state index contributed by atoms with van der Waals surface area (Å²) in [6, 6.07) is 25.8. The summed E-state index contributed by atoms with van der Waals surface area (Å²) in [6.07, 6.45) is 0. The summed E-state index contributed by atoms with van der Waals surface area (Å²) < 4.78 is 10.8. The molecule has 28 heavy (non-hydrogen) atoms. The largest absolute Gasteiger partial charge is 0.454 e. The van der Waals surface area contributed by atoms with Gasteiger partial charge in [-0.2, -0.15) is 0 Å². The maximum absolute atomic E-state index is 13.3. The van der Waals surface area contributed by atoms with Crippen molar-refractivity contribution >= 4 is 17.7 Å². The molecule has 1 aliphatic rings. The SMILES string of the molecule is CN(Cc1ccc2c(c1)OCO2)C(=O)C(Sc1ccccc1)c1ccccc1. The van der Waals surface area contributed by atoms with Gasteiger partial charge in [-0.3, -0.25) is 4.79 Å². The number of hydrogen-bond donors (Lipinski definition) is 0. The minimum atomic E-state index is -0.303. The fraction of sp³-hybridized carbons (Fsp3) is 0.174. The molecule has 5 heteroatoms. The van der Waals surface area contributed by atoms with Gasteiger partial charge in [-0.25, -0.2) is 0 Å². The molecular formula is C23H21NO3S. The maximum atomic E-state index is 13.3. The van der Waals surface area contributed by atoms with Crippen molar-refractivity contribution < 1.29 is 14.3 Å². The van der Waals surface area contributed by atoms with Gasteiger partial charge in [0.05, 0.1) is 0 Å². The molecule has 1 unspecified atom stereocenters. The van der Waals surface area contributed by atoms with Crippen LogP contribution in [0.1, 0.15) is 16.4 Å². The molecule has 0 saturated heterocycles. The molecule has 142 valence electrons. The van der Waals surface area contributed by atoms with E-state index in [1.165, 1.54) is 0 Å². The molecule has 0 aliphatic carbocycles. The number of carbonyl (C=O) groups excluding carboxylic acids is 1. The third kappa shape index (κ3) is 4.15. The summed E-state index contributed by atoms with van der Waals surface area (Å²) in [5.74, 6) is 1.55. The Morgan fingerprint density at radius 2 is 1.64 bits per heavy atom. The molecule has 3 aromatic carbocycles. The molecule has 0 saturated carbocycles. The van der Waals surface area contributed by atoms with E-state index in [-0.39, 0.29) is 18.0 Å². The molecule has 1 amide bonds. The van der Waals surface area contributed by atoms with Crippen LogP contribution in [0.25, 0.3) is 0 Å². The van der Waals surface area contributed by atoms with Gasteiger partial charge in [-0.1, -0.05) is 54.6 Å². The number of ether oxygens (including phenoxy) is 2. The van der Waals surface area contributed by atoms with Crippen LogP contribution in [0.4, 0.5) is 0 Å². The van der Waals surface area contributed by atoms with Crippen molar-refractivity contribution in [1.29, 1.82) is 0 Å². The zero-order valence-electron chi connectivity index (χ0n) is 15.6. The zero-order valence-corrected chi connectivity index (χ0v) is 16.4. The minimum Gasteiger partial charge on any atom is -0.454 e. The van der Waals surface area contributed by atoms with E-state index in [9.17, 15) is 4.79 Å². The fourth-order valence-electron chi connectivity index (χ4n) is 3.12. The predicted octanol–water partition coefficient (Wildman–Crippen LogP) is 4.91. The lowest BCUT2D eigenvalue weighted by Gasteiger charge is -2.24. The van der Waals surface area contributed by atoms with Crippen LogP contribution in [-0.4, -0.2) is 24.6 Å². The quantitative estimate of drug-likeness (QED) is 0.560. The van der Waals surface area contributed by atoms with Gasteiger partial charge in [0.2, 0.25) is 12.7 Å². The van der Waals surface area contributed by atoms with Crippen LogP contribution >= 0.6 is 11.8 Å². The normalized spacial score (nSPS) is 13.2. The lowest BCUT2D eigenvalue weighted by Crippen LogP contribution is -2.30. The number of carbonyl (C=O) groups is 1. The van der Waals surface area contributed by atoms with Crippen LogP contribution in [0.2, 0.25) is 0 Å². The van der Waals surface area contributed by atoms with Gasteiger partial charge in [0.25, 0.3) is 0 Å². The molecule has 1 atom stereocenters. The highest BCUT2D eigenvalue weighted by Crippen LogP contribution is 2.37. The van der Waals surface area contributed by atoms with Gasteiger partial charge < -0.3 is 14.4 Å². The summed E-state index contributed by atoms with van der Waals surface area (Å²) in [6.45, 7) is 0.755. The third-order valence-corrected chi connectivity index (χ3v) is 5.81. The highest BCUT2D eigenvalue weighted by Gasteiger charge is 2.25. The molecule has 0 fully saturated rings. The van der Waals surface area contributed by atoms with Crippen LogP contribution < -0.4 is 9.47 Å². The number of likely N-dealkylation sites (N-methyl/N-ethyl adjacent to an activating group) is 1. The van der Waals surface area contributed by atoms with Crippen molar-refractivity contribution in [2.24, 2.45) is 0 Å². The van der Waals surface area contributed by atoms with E-state index in [2.05, 4.69) is 0 Å². The lowest BCUT2D eigenvalue weighted by molar-refractivity contribution is -0.129. The van der Waals surface area contributed by atoms with Gasteiger partial charge in [0, 0.05) is 18.5 Å². The Morgan fingerprint density at radius 3 is 2.39 bits per heavy atom. The van der Waals surface area contributed by atoms with E-state index in [4.69, 9.17) is 9.47 Å². The molecular weight excluding hydrogens is 370 g/mol.